The molecule has 1 aliphatic carbocycles. The minimum Gasteiger partial charge on any atom is -0.345 e. The van der Waals surface area contributed by atoms with E-state index in [1.807, 2.05) is 30.1 Å². The average molecular weight is 274 g/mol. The number of carbonyl (C=O) groups is 1. The summed E-state index contributed by atoms with van der Waals surface area (Å²) in [6, 6.07) is 10.3. The molecule has 0 bridgehead atoms. The van der Waals surface area contributed by atoms with Gasteiger partial charge in [-0.2, -0.15) is 0 Å². The Labute approximate surface area is 122 Å². The Hall–Kier alpha value is -1.35. The molecule has 3 nitrogen and oxygen atoms in total. The Morgan fingerprint density at radius 1 is 1.25 bits per heavy atom. The van der Waals surface area contributed by atoms with Crippen LogP contribution in [0.25, 0.3) is 0 Å². The first-order valence-corrected chi connectivity index (χ1v) is 7.71. The van der Waals surface area contributed by atoms with Gasteiger partial charge in [0.2, 0.25) is 5.91 Å². The third-order valence-electron chi connectivity index (χ3n) is 4.48. The van der Waals surface area contributed by atoms with Crippen molar-refractivity contribution in [1.82, 2.24) is 4.90 Å². The van der Waals surface area contributed by atoms with E-state index in [1.165, 1.54) is 18.4 Å². The number of amides is 1. The lowest BCUT2D eigenvalue weighted by molar-refractivity contribution is -0.137. The van der Waals surface area contributed by atoms with Crippen LogP contribution in [-0.2, 0) is 11.2 Å². The van der Waals surface area contributed by atoms with Gasteiger partial charge in [0, 0.05) is 19.5 Å². The molecular formula is C17H26N2O. The maximum atomic E-state index is 12.6. The Kier molecular flexibility index (Phi) is 5.60. The van der Waals surface area contributed by atoms with Gasteiger partial charge in [-0.15, -0.1) is 0 Å². The van der Waals surface area contributed by atoms with Gasteiger partial charge in [-0.1, -0.05) is 43.2 Å². The number of rotatable bonds is 5. The summed E-state index contributed by atoms with van der Waals surface area (Å²) in [5.74, 6) is 0.820. The SMILES string of the molecule is CN(CCc1ccccc1)C(=O)C1CCCCC1CN. The molecule has 1 aromatic carbocycles. The van der Waals surface area contributed by atoms with Crippen molar-refractivity contribution in [2.45, 2.75) is 32.1 Å². The van der Waals surface area contributed by atoms with Crippen LogP contribution < -0.4 is 5.73 Å². The predicted octanol–water partition coefficient (Wildman–Crippen LogP) is 2.45. The van der Waals surface area contributed by atoms with E-state index in [0.717, 1.165) is 25.8 Å². The second-order valence-corrected chi connectivity index (χ2v) is 5.88. The molecule has 1 saturated carbocycles. The molecule has 3 heteroatoms. The van der Waals surface area contributed by atoms with E-state index in [1.54, 1.807) is 0 Å². The van der Waals surface area contributed by atoms with Crippen LogP contribution in [0.3, 0.4) is 0 Å². The van der Waals surface area contributed by atoms with Crippen molar-refractivity contribution in [2.75, 3.05) is 20.1 Å². The Bertz CT molecular complexity index is 418. The number of benzene rings is 1. The van der Waals surface area contributed by atoms with Gasteiger partial charge >= 0.3 is 0 Å². The molecule has 1 fully saturated rings. The largest absolute Gasteiger partial charge is 0.345 e. The molecule has 0 spiro atoms. The predicted molar refractivity (Wildman–Crippen MR) is 82.3 cm³/mol. The summed E-state index contributed by atoms with van der Waals surface area (Å²) in [6.07, 6.45) is 5.43. The zero-order chi connectivity index (χ0) is 14.4. The maximum absolute atomic E-state index is 12.6. The van der Waals surface area contributed by atoms with E-state index >= 15 is 0 Å². The van der Waals surface area contributed by atoms with E-state index in [2.05, 4.69) is 12.1 Å². The quantitative estimate of drug-likeness (QED) is 0.896. The fourth-order valence-corrected chi connectivity index (χ4v) is 3.15. The van der Waals surface area contributed by atoms with Crippen LogP contribution in [0.2, 0.25) is 0 Å². The smallest absolute Gasteiger partial charge is 0.225 e. The van der Waals surface area contributed by atoms with Crippen molar-refractivity contribution in [3.05, 3.63) is 35.9 Å². The maximum Gasteiger partial charge on any atom is 0.225 e. The molecule has 0 aliphatic heterocycles. The standard InChI is InChI=1S/C17H26N2O/c1-19(12-11-14-7-3-2-4-8-14)17(20)16-10-6-5-9-15(16)13-18/h2-4,7-8,15-16H,5-6,9-13,18H2,1H3. The van der Waals surface area contributed by atoms with Crippen molar-refractivity contribution in [1.29, 1.82) is 0 Å². The number of carbonyl (C=O) groups excluding carboxylic acids is 1. The number of hydrogen-bond acceptors (Lipinski definition) is 2. The highest BCUT2D eigenvalue weighted by Gasteiger charge is 2.31. The fraction of sp³-hybridized carbons (Fsp3) is 0.588. The lowest BCUT2D eigenvalue weighted by Crippen LogP contribution is -2.41. The molecule has 1 aliphatic rings. The van der Waals surface area contributed by atoms with E-state index in [0.29, 0.717) is 12.5 Å². The van der Waals surface area contributed by atoms with Crippen molar-refractivity contribution in [3.8, 4) is 0 Å². The minimum absolute atomic E-state index is 0.148. The van der Waals surface area contributed by atoms with Gasteiger partial charge in [0.1, 0.15) is 0 Å². The van der Waals surface area contributed by atoms with Crippen LogP contribution in [-0.4, -0.2) is 30.9 Å². The van der Waals surface area contributed by atoms with Crippen molar-refractivity contribution >= 4 is 5.91 Å². The number of nitrogens with zero attached hydrogens (tertiary/aromatic N) is 1. The van der Waals surface area contributed by atoms with Gasteiger partial charge in [-0.3, -0.25) is 4.79 Å². The first-order valence-electron chi connectivity index (χ1n) is 7.71. The molecule has 0 radical (unpaired) electrons. The molecule has 2 atom stereocenters. The van der Waals surface area contributed by atoms with E-state index in [9.17, 15) is 4.79 Å². The second kappa shape index (κ2) is 7.44. The summed E-state index contributed by atoms with van der Waals surface area (Å²) in [6.45, 7) is 1.43. The molecule has 0 aromatic heterocycles. The van der Waals surface area contributed by atoms with Gasteiger partial charge in [0.15, 0.2) is 0 Å². The summed E-state index contributed by atoms with van der Waals surface area (Å²) in [5, 5.41) is 0. The summed E-state index contributed by atoms with van der Waals surface area (Å²) in [5.41, 5.74) is 7.11. The molecule has 110 valence electrons. The normalized spacial score (nSPS) is 22.5. The molecule has 2 unspecified atom stereocenters. The van der Waals surface area contributed by atoms with Crippen molar-refractivity contribution < 1.29 is 4.79 Å². The van der Waals surface area contributed by atoms with Crippen LogP contribution in [0.1, 0.15) is 31.2 Å². The molecule has 2 N–H and O–H groups in total. The van der Waals surface area contributed by atoms with Gasteiger partial charge in [0.25, 0.3) is 0 Å². The zero-order valence-electron chi connectivity index (χ0n) is 12.4. The van der Waals surface area contributed by atoms with Gasteiger partial charge in [0.05, 0.1) is 0 Å². The number of hydrogen-bond donors (Lipinski definition) is 1. The van der Waals surface area contributed by atoms with Gasteiger partial charge < -0.3 is 10.6 Å². The molecule has 1 aromatic rings. The highest BCUT2D eigenvalue weighted by atomic mass is 16.2. The van der Waals surface area contributed by atoms with Crippen molar-refractivity contribution in [2.24, 2.45) is 17.6 Å². The van der Waals surface area contributed by atoms with Crippen LogP contribution in [0.15, 0.2) is 30.3 Å². The van der Waals surface area contributed by atoms with Crippen molar-refractivity contribution in [3.63, 3.8) is 0 Å². The van der Waals surface area contributed by atoms with Crippen LogP contribution in [0, 0.1) is 11.8 Å². The van der Waals surface area contributed by atoms with E-state index < -0.39 is 0 Å². The fourth-order valence-electron chi connectivity index (χ4n) is 3.15. The second-order valence-electron chi connectivity index (χ2n) is 5.88. The Balaban J connectivity index is 1.87. The number of nitrogens with two attached hydrogens (primary N) is 1. The average Bonchev–Trinajstić information content (AvgIpc) is 2.52. The minimum atomic E-state index is 0.148. The first kappa shape index (κ1) is 15.0. The van der Waals surface area contributed by atoms with Crippen LogP contribution in [0.5, 0.6) is 0 Å². The molecule has 0 saturated heterocycles. The summed E-state index contributed by atoms with van der Waals surface area (Å²) < 4.78 is 0. The highest BCUT2D eigenvalue weighted by molar-refractivity contribution is 5.79. The van der Waals surface area contributed by atoms with Gasteiger partial charge in [-0.05, 0) is 37.3 Å². The lowest BCUT2D eigenvalue weighted by Gasteiger charge is -2.32. The topological polar surface area (TPSA) is 46.3 Å². The van der Waals surface area contributed by atoms with Crippen LogP contribution >= 0.6 is 0 Å². The third-order valence-corrected chi connectivity index (χ3v) is 4.48. The lowest BCUT2D eigenvalue weighted by atomic mass is 9.78. The zero-order valence-corrected chi connectivity index (χ0v) is 12.4. The highest BCUT2D eigenvalue weighted by Crippen LogP contribution is 2.30. The Morgan fingerprint density at radius 3 is 2.65 bits per heavy atom. The van der Waals surface area contributed by atoms with E-state index in [4.69, 9.17) is 5.73 Å². The molecule has 20 heavy (non-hydrogen) atoms. The molecule has 1 amide bonds. The third kappa shape index (κ3) is 3.83. The molecule has 2 rings (SSSR count). The molecule has 0 heterocycles. The molecular weight excluding hydrogens is 248 g/mol. The Morgan fingerprint density at radius 2 is 1.95 bits per heavy atom. The number of likely N-dealkylation sites (N-methyl/N-ethyl adjacent to an activating group) is 1. The summed E-state index contributed by atoms with van der Waals surface area (Å²) in [7, 11) is 1.92. The summed E-state index contributed by atoms with van der Waals surface area (Å²) in [4.78, 5) is 14.5. The van der Waals surface area contributed by atoms with E-state index in [-0.39, 0.29) is 11.8 Å². The van der Waals surface area contributed by atoms with Gasteiger partial charge in [-0.25, -0.2) is 0 Å². The van der Waals surface area contributed by atoms with Crippen LogP contribution in [0.4, 0.5) is 0 Å². The summed E-state index contributed by atoms with van der Waals surface area (Å²) >= 11 is 0. The monoisotopic (exact) mass is 274 g/mol. The first-order chi connectivity index (χ1) is 9.72.